The second-order valence-corrected chi connectivity index (χ2v) is 7.60. The molecule has 0 heterocycles. The third-order valence-corrected chi connectivity index (χ3v) is 4.30. The van der Waals surface area contributed by atoms with Gasteiger partial charge < -0.3 is 19.5 Å². The minimum absolute atomic E-state index is 0.137. The van der Waals surface area contributed by atoms with Crippen LogP contribution in [0.3, 0.4) is 0 Å². The smallest absolute Gasteiger partial charge is 0.269 e. The summed E-state index contributed by atoms with van der Waals surface area (Å²) in [6.07, 6.45) is 0. The van der Waals surface area contributed by atoms with Gasteiger partial charge in [-0.3, -0.25) is 25.2 Å². The van der Waals surface area contributed by atoms with E-state index in [2.05, 4.69) is 16.2 Å². The zero-order valence-electron chi connectivity index (χ0n) is 18.4. The fourth-order valence-corrected chi connectivity index (χ4v) is 2.49. The molecule has 0 aliphatic rings. The highest BCUT2D eigenvalue weighted by Gasteiger charge is 2.21. The molecule has 2 aromatic rings. The van der Waals surface area contributed by atoms with Gasteiger partial charge in [-0.15, -0.1) is 0 Å². The molecule has 0 saturated carbocycles. The molecule has 0 fully saturated rings. The van der Waals surface area contributed by atoms with Crippen molar-refractivity contribution in [2.45, 2.75) is 20.8 Å². The highest BCUT2D eigenvalue weighted by atomic mass is 16.5. The number of benzene rings is 2. The first-order chi connectivity index (χ1) is 14.6. The lowest BCUT2D eigenvalue weighted by atomic mass is 9.95. The standard InChI is InChI=1S/C22H27N3O6/c1-22(2,3)21(28)23-15-9-7-13(8-10-15)19(26)24-25-20(27)14-11-16(29-4)18(31-6)17(12-14)30-5/h7-12H,1-6H3,(H,23,28)(H,24,26)(H,25,27). The molecule has 0 bridgehead atoms. The van der Waals surface area contributed by atoms with E-state index in [-0.39, 0.29) is 11.5 Å². The van der Waals surface area contributed by atoms with E-state index < -0.39 is 17.2 Å². The second-order valence-electron chi connectivity index (χ2n) is 7.60. The Morgan fingerprint density at radius 1 is 0.742 bits per heavy atom. The van der Waals surface area contributed by atoms with Crippen molar-refractivity contribution < 1.29 is 28.6 Å². The van der Waals surface area contributed by atoms with Crippen LogP contribution >= 0.6 is 0 Å². The van der Waals surface area contributed by atoms with Gasteiger partial charge in [0.15, 0.2) is 11.5 Å². The van der Waals surface area contributed by atoms with E-state index in [1.54, 1.807) is 45.0 Å². The van der Waals surface area contributed by atoms with E-state index in [0.717, 1.165) is 0 Å². The first-order valence-electron chi connectivity index (χ1n) is 9.43. The molecule has 9 heteroatoms. The number of hydrogen-bond donors (Lipinski definition) is 3. The summed E-state index contributed by atoms with van der Waals surface area (Å²) >= 11 is 0. The van der Waals surface area contributed by atoms with Crippen molar-refractivity contribution in [2.75, 3.05) is 26.6 Å². The Morgan fingerprint density at radius 3 is 1.65 bits per heavy atom. The second kappa shape index (κ2) is 9.84. The fourth-order valence-electron chi connectivity index (χ4n) is 2.49. The molecule has 9 nitrogen and oxygen atoms in total. The minimum atomic E-state index is -0.568. The summed E-state index contributed by atoms with van der Waals surface area (Å²) in [5.74, 6) is -0.250. The molecule has 0 radical (unpaired) electrons. The molecule has 2 aromatic carbocycles. The Hall–Kier alpha value is -3.75. The van der Waals surface area contributed by atoms with Crippen molar-refractivity contribution in [1.29, 1.82) is 0 Å². The average Bonchev–Trinajstić information content (AvgIpc) is 2.75. The van der Waals surface area contributed by atoms with Crippen LogP contribution in [0.15, 0.2) is 36.4 Å². The fraction of sp³-hybridized carbons (Fsp3) is 0.318. The summed E-state index contributed by atoms with van der Waals surface area (Å²) in [6, 6.07) is 9.24. The minimum Gasteiger partial charge on any atom is -0.493 e. The zero-order valence-corrected chi connectivity index (χ0v) is 18.4. The first kappa shape index (κ1) is 23.5. The Labute approximate surface area is 181 Å². The van der Waals surface area contributed by atoms with Crippen LogP contribution in [0.1, 0.15) is 41.5 Å². The Kier molecular flexibility index (Phi) is 7.47. The lowest BCUT2D eigenvalue weighted by molar-refractivity contribution is -0.123. The highest BCUT2D eigenvalue weighted by molar-refractivity contribution is 6.00. The molecule has 0 saturated heterocycles. The van der Waals surface area contributed by atoms with Crippen LogP contribution in [0.4, 0.5) is 5.69 Å². The van der Waals surface area contributed by atoms with Gasteiger partial charge in [0.1, 0.15) is 0 Å². The maximum Gasteiger partial charge on any atom is 0.269 e. The van der Waals surface area contributed by atoms with Crippen LogP contribution in [-0.4, -0.2) is 39.1 Å². The molecular weight excluding hydrogens is 402 g/mol. The predicted octanol–water partition coefficient (Wildman–Crippen LogP) is 2.77. The van der Waals surface area contributed by atoms with Crippen molar-refractivity contribution in [3.05, 3.63) is 47.5 Å². The molecular formula is C22H27N3O6. The summed E-state index contributed by atoms with van der Waals surface area (Å²) in [5, 5.41) is 2.78. The van der Waals surface area contributed by atoms with Crippen LogP contribution in [0.5, 0.6) is 17.2 Å². The van der Waals surface area contributed by atoms with Crippen molar-refractivity contribution in [3.63, 3.8) is 0 Å². The molecule has 0 aromatic heterocycles. The van der Waals surface area contributed by atoms with Gasteiger partial charge in [0, 0.05) is 22.2 Å². The summed E-state index contributed by atoms with van der Waals surface area (Å²) < 4.78 is 15.7. The third-order valence-electron chi connectivity index (χ3n) is 4.30. The number of amides is 3. The van der Waals surface area contributed by atoms with Crippen LogP contribution < -0.4 is 30.4 Å². The quantitative estimate of drug-likeness (QED) is 0.609. The number of nitrogens with one attached hydrogen (secondary N) is 3. The molecule has 0 aliphatic heterocycles. The summed E-state index contributed by atoms with van der Waals surface area (Å²) in [7, 11) is 4.34. The van der Waals surface area contributed by atoms with E-state index >= 15 is 0 Å². The SMILES string of the molecule is COc1cc(C(=O)NNC(=O)c2ccc(NC(=O)C(C)(C)C)cc2)cc(OC)c1OC. The lowest BCUT2D eigenvalue weighted by Crippen LogP contribution is -2.41. The van der Waals surface area contributed by atoms with Crippen LogP contribution in [0.25, 0.3) is 0 Å². The molecule has 166 valence electrons. The average molecular weight is 429 g/mol. The van der Waals surface area contributed by atoms with E-state index in [1.165, 1.54) is 33.5 Å². The van der Waals surface area contributed by atoms with Gasteiger partial charge in [-0.2, -0.15) is 0 Å². The van der Waals surface area contributed by atoms with Crippen molar-refractivity contribution >= 4 is 23.4 Å². The van der Waals surface area contributed by atoms with Crippen molar-refractivity contribution in [2.24, 2.45) is 5.41 Å². The number of rotatable bonds is 6. The summed E-state index contributed by atoms with van der Waals surface area (Å²) in [6.45, 7) is 5.42. The first-order valence-corrected chi connectivity index (χ1v) is 9.43. The molecule has 3 N–H and O–H groups in total. The normalized spacial score (nSPS) is 10.6. The number of ether oxygens (including phenoxy) is 3. The molecule has 3 amide bonds. The Morgan fingerprint density at radius 2 is 1.23 bits per heavy atom. The number of methoxy groups -OCH3 is 3. The molecule has 0 unspecified atom stereocenters. The highest BCUT2D eigenvalue weighted by Crippen LogP contribution is 2.38. The topological polar surface area (TPSA) is 115 Å². The van der Waals surface area contributed by atoms with Gasteiger partial charge in [0.2, 0.25) is 11.7 Å². The summed E-state index contributed by atoms with van der Waals surface area (Å²) in [5.41, 5.74) is 5.23. The number of anilines is 1. The van der Waals surface area contributed by atoms with Crippen LogP contribution in [0, 0.1) is 5.41 Å². The maximum absolute atomic E-state index is 12.5. The van der Waals surface area contributed by atoms with Crippen molar-refractivity contribution in [3.8, 4) is 17.2 Å². The number of carbonyl (C=O) groups is 3. The van der Waals surface area contributed by atoms with E-state index in [4.69, 9.17) is 14.2 Å². The summed E-state index contributed by atoms with van der Waals surface area (Å²) in [4.78, 5) is 36.8. The van der Waals surface area contributed by atoms with E-state index in [1.807, 2.05) is 0 Å². The molecule has 0 spiro atoms. The lowest BCUT2D eigenvalue weighted by Gasteiger charge is -2.17. The van der Waals surface area contributed by atoms with E-state index in [0.29, 0.717) is 28.5 Å². The van der Waals surface area contributed by atoms with Crippen LogP contribution in [0.2, 0.25) is 0 Å². The number of hydrazine groups is 1. The molecule has 0 atom stereocenters. The molecule has 31 heavy (non-hydrogen) atoms. The maximum atomic E-state index is 12.5. The van der Waals surface area contributed by atoms with Gasteiger partial charge >= 0.3 is 0 Å². The number of hydrogen-bond acceptors (Lipinski definition) is 6. The Balaban J connectivity index is 2.04. The predicted molar refractivity (Wildman–Crippen MR) is 116 cm³/mol. The zero-order chi connectivity index (χ0) is 23.2. The molecule has 0 aliphatic carbocycles. The van der Waals surface area contributed by atoms with Gasteiger partial charge in [-0.05, 0) is 36.4 Å². The third kappa shape index (κ3) is 5.88. The van der Waals surface area contributed by atoms with Crippen LogP contribution in [-0.2, 0) is 4.79 Å². The monoisotopic (exact) mass is 429 g/mol. The molecule has 2 rings (SSSR count). The van der Waals surface area contributed by atoms with Gasteiger partial charge in [-0.25, -0.2) is 0 Å². The van der Waals surface area contributed by atoms with Gasteiger partial charge in [0.25, 0.3) is 11.8 Å². The van der Waals surface area contributed by atoms with Gasteiger partial charge in [-0.1, -0.05) is 20.8 Å². The number of carbonyl (C=O) groups excluding carboxylic acids is 3. The Bertz CT molecular complexity index is 939. The van der Waals surface area contributed by atoms with Gasteiger partial charge in [0.05, 0.1) is 21.3 Å². The van der Waals surface area contributed by atoms with Crippen molar-refractivity contribution in [1.82, 2.24) is 10.9 Å². The van der Waals surface area contributed by atoms with E-state index in [9.17, 15) is 14.4 Å². The largest absolute Gasteiger partial charge is 0.493 e.